The van der Waals surface area contributed by atoms with E-state index >= 15 is 0 Å². The molecular weight excluding hydrogens is 446 g/mol. The van der Waals surface area contributed by atoms with Crippen LogP contribution < -0.4 is 0 Å². The zero-order valence-corrected chi connectivity index (χ0v) is 17.7. The Kier molecular flexibility index (Phi) is 5.46. The highest BCUT2D eigenvalue weighted by Gasteiger charge is 2.46. The van der Waals surface area contributed by atoms with Crippen molar-refractivity contribution in [1.29, 1.82) is 0 Å². The molecule has 1 fully saturated rings. The molecule has 0 bridgehead atoms. The van der Waals surface area contributed by atoms with Crippen molar-refractivity contribution in [3.8, 4) is 0 Å². The quantitative estimate of drug-likeness (QED) is 0.356. The zero-order valence-electron chi connectivity index (χ0n) is 16.1. The van der Waals surface area contributed by atoms with Crippen molar-refractivity contribution in [2.24, 2.45) is 0 Å². The van der Waals surface area contributed by atoms with Crippen LogP contribution in [0, 0.1) is 6.92 Å². The normalized spacial score (nSPS) is 18.1. The first-order valence-electron chi connectivity index (χ1n) is 9.32. The Morgan fingerprint density at radius 2 is 1.97 bits per heavy atom. The lowest BCUT2D eigenvalue weighted by molar-refractivity contribution is -0.140. The number of amides is 1. The first-order valence-corrected chi connectivity index (χ1v) is 10.1. The Balaban J connectivity index is 1.86. The van der Waals surface area contributed by atoms with Gasteiger partial charge in [-0.15, -0.1) is 0 Å². The molecule has 1 aromatic carbocycles. The van der Waals surface area contributed by atoms with E-state index in [0.717, 1.165) is 10.0 Å². The van der Waals surface area contributed by atoms with E-state index < -0.39 is 17.7 Å². The number of pyridine rings is 2. The van der Waals surface area contributed by atoms with Gasteiger partial charge in [0.15, 0.2) is 0 Å². The van der Waals surface area contributed by atoms with Gasteiger partial charge in [0.1, 0.15) is 5.76 Å². The van der Waals surface area contributed by atoms with Gasteiger partial charge in [0.25, 0.3) is 11.7 Å². The van der Waals surface area contributed by atoms with E-state index in [0.29, 0.717) is 16.8 Å². The number of aliphatic hydroxyl groups is 1. The van der Waals surface area contributed by atoms with Crippen LogP contribution in [0.2, 0.25) is 0 Å². The second-order valence-corrected chi connectivity index (χ2v) is 7.85. The molecule has 6 nitrogen and oxygen atoms in total. The third-order valence-corrected chi connectivity index (χ3v) is 5.92. The maximum atomic E-state index is 13.0. The number of carbonyl (C=O) groups is 2. The lowest BCUT2D eigenvalue weighted by Crippen LogP contribution is -2.29. The van der Waals surface area contributed by atoms with Crippen LogP contribution >= 0.6 is 15.9 Å². The molecule has 0 spiro atoms. The second-order valence-electron chi connectivity index (χ2n) is 7.00. The molecule has 4 rings (SSSR count). The summed E-state index contributed by atoms with van der Waals surface area (Å²) in [4.78, 5) is 35.8. The zero-order chi connectivity index (χ0) is 21.3. The maximum absolute atomic E-state index is 13.0. The number of ketones is 1. The molecule has 2 aromatic heterocycles. The van der Waals surface area contributed by atoms with Gasteiger partial charge in [-0.05, 0) is 48.4 Å². The van der Waals surface area contributed by atoms with Gasteiger partial charge >= 0.3 is 0 Å². The van der Waals surface area contributed by atoms with Crippen molar-refractivity contribution in [3.05, 3.63) is 99.6 Å². The highest BCUT2D eigenvalue weighted by atomic mass is 79.9. The molecule has 1 aliphatic heterocycles. The molecule has 0 aliphatic carbocycles. The Morgan fingerprint density at radius 1 is 1.13 bits per heavy atom. The van der Waals surface area contributed by atoms with Gasteiger partial charge in [0.2, 0.25) is 0 Å². The fraction of sp³-hybridized carbons (Fsp3) is 0.130. The Hall–Kier alpha value is -3.32. The summed E-state index contributed by atoms with van der Waals surface area (Å²) < 4.78 is 0.887. The first-order chi connectivity index (χ1) is 14.5. The van der Waals surface area contributed by atoms with Crippen LogP contribution in [0.3, 0.4) is 0 Å². The monoisotopic (exact) mass is 463 g/mol. The summed E-state index contributed by atoms with van der Waals surface area (Å²) in [6.07, 6.45) is 4.85. The Labute approximate surface area is 182 Å². The molecule has 30 heavy (non-hydrogen) atoms. The van der Waals surface area contributed by atoms with E-state index in [1.807, 2.05) is 13.0 Å². The average Bonchev–Trinajstić information content (AvgIpc) is 3.01. The van der Waals surface area contributed by atoms with E-state index in [4.69, 9.17) is 0 Å². The van der Waals surface area contributed by atoms with Gasteiger partial charge in [-0.2, -0.15) is 0 Å². The van der Waals surface area contributed by atoms with Gasteiger partial charge in [-0.25, -0.2) is 0 Å². The maximum Gasteiger partial charge on any atom is 0.296 e. The molecular formula is C23H18BrN3O3. The van der Waals surface area contributed by atoms with Gasteiger partial charge in [0.05, 0.1) is 23.9 Å². The van der Waals surface area contributed by atoms with Crippen LogP contribution in [-0.2, 0) is 16.1 Å². The number of hydrogen-bond acceptors (Lipinski definition) is 5. The van der Waals surface area contributed by atoms with E-state index in [1.165, 1.54) is 4.90 Å². The minimum absolute atomic E-state index is 0.0469. The lowest BCUT2D eigenvalue weighted by atomic mass is 9.96. The smallest absolute Gasteiger partial charge is 0.296 e. The van der Waals surface area contributed by atoms with E-state index in [-0.39, 0.29) is 17.9 Å². The molecule has 3 aromatic rings. The number of carbonyl (C=O) groups excluding carboxylic acids is 2. The first kappa shape index (κ1) is 20.0. The molecule has 1 atom stereocenters. The van der Waals surface area contributed by atoms with Crippen LogP contribution in [0.25, 0.3) is 5.76 Å². The standard InChI is InChI=1S/C23H18BrN3O3/c1-14-11-15(7-8-18(14)24)21(28)19-20(16-5-4-9-25-12-16)27(23(30)22(19)29)13-17-6-2-3-10-26-17/h2-12,20,28H,13H2,1H3/b21-19-. The summed E-state index contributed by atoms with van der Waals surface area (Å²) in [7, 11) is 0. The molecule has 3 heterocycles. The van der Waals surface area contributed by atoms with Crippen molar-refractivity contribution >= 4 is 33.4 Å². The number of aromatic nitrogens is 2. The molecule has 1 saturated heterocycles. The minimum Gasteiger partial charge on any atom is -0.507 e. The van der Waals surface area contributed by atoms with Crippen molar-refractivity contribution < 1.29 is 14.7 Å². The minimum atomic E-state index is -0.760. The fourth-order valence-corrected chi connectivity index (χ4v) is 3.79. The van der Waals surface area contributed by atoms with Crippen molar-refractivity contribution in [1.82, 2.24) is 14.9 Å². The average molecular weight is 464 g/mol. The van der Waals surface area contributed by atoms with Crippen LogP contribution in [-0.4, -0.2) is 31.7 Å². The molecule has 7 heteroatoms. The predicted octanol–water partition coefficient (Wildman–Crippen LogP) is 4.17. The number of benzene rings is 1. The van der Waals surface area contributed by atoms with Crippen LogP contribution in [0.4, 0.5) is 0 Å². The molecule has 0 radical (unpaired) electrons. The van der Waals surface area contributed by atoms with E-state index in [1.54, 1.807) is 61.1 Å². The molecule has 1 amide bonds. The number of halogens is 1. The molecule has 1 unspecified atom stereocenters. The number of likely N-dealkylation sites (tertiary alicyclic amines) is 1. The molecule has 1 aliphatic rings. The molecule has 1 N–H and O–H groups in total. The summed E-state index contributed by atoms with van der Waals surface area (Å²) in [6.45, 7) is 2.03. The Morgan fingerprint density at radius 3 is 2.63 bits per heavy atom. The summed E-state index contributed by atoms with van der Waals surface area (Å²) >= 11 is 3.44. The Bertz CT molecular complexity index is 1150. The van der Waals surface area contributed by atoms with E-state index in [2.05, 4.69) is 25.9 Å². The van der Waals surface area contributed by atoms with Gasteiger partial charge < -0.3 is 10.0 Å². The number of aryl methyl sites for hydroxylation is 1. The third-order valence-electron chi connectivity index (χ3n) is 5.03. The number of nitrogens with zero attached hydrogens (tertiary/aromatic N) is 3. The summed E-state index contributed by atoms with van der Waals surface area (Å²) in [5.41, 5.74) is 2.71. The number of hydrogen-bond donors (Lipinski definition) is 1. The van der Waals surface area contributed by atoms with Gasteiger partial charge in [0, 0.05) is 28.6 Å². The molecule has 150 valence electrons. The van der Waals surface area contributed by atoms with Crippen LogP contribution in [0.15, 0.2) is 77.2 Å². The second kappa shape index (κ2) is 8.20. The highest BCUT2D eigenvalue weighted by molar-refractivity contribution is 9.10. The topological polar surface area (TPSA) is 83.4 Å². The van der Waals surface area contributed by atoms with Gasteiger partial charge in [-0.3, -0.25) is 19.6 Å². The highest BCUT2D eigenvalue weighted by Crippen LogP contribution is 2.40. The van der Waals surface area contributed by atoms with Gasteiger partial charge in [-0.1, -0.05) is 34.1 Å². The molecule has 0 saturated carbocycles. The number of Topliss-reactive ketones (excluding diaryl/α,β-unsaturated/α-hetero) is 1. The lowest BCUT2D eigenvalue weighted by Gasteiger charge is -2.24. The van der Waals surface area contributed by atoms with Crippen molar-refractivity contribution in [2.75, 3.05) is 0 Å². The van der Waals surface area contributed by atoms with Crippen molar-refractivity contribution in [3.63, 3.8) is 0 Å². The van der Waals surface area contributed by atoms with Crippen molar-refractivity contribution in [2.45, 2.75) is 19.5 Å². The van der Waals surface area contributed by atoms with Crippen LogP contribution in [0.1, 0.15) is 28.4 Å². The summed E-state index contributed by atoms with van der Waals surface area (Å²) in [5, 5.41) is 11.1. The number of aliphatic hydroxyl groups excluding tert-OH is 1. The van der Waals surface area contributed by atoms with E-state index in [9.17, 15) is 14.7 Å². The summed E-state index contributed by atoms with van der Waals surface area (Å²) in [6, 6.07) is 13.4. The van der Waals surface area contributed by atoms with Crippen LogP contribution in [0.5, 0.6) is 0 Å². The third kappa shape index (κ3) is 3.64. The largest absolute Gasteiger partial charge is 0.507 e. The number of rotatable bonds is 4. The predicted molar refractivity (Wildman–Crippen MR) is 115 cm³/mol. The SMILES string of the molecule is Cc1cc(/C(O)=C2/C(=O)C(=O)N(Cc3ccccn3)C2c2cccnc2)ccc1Br. The summed E-state index contributed by atoms with van der Waals surface area (Å²) in [5.74, 6) is -1.61. The fourth-order valence-electron chi connectivity index (χ4n) is 3.54.